The van der Waals surface area contributed by atoms with E-state index in [4.69, 9.17) is 0 Å². The van der Waals surface area contributed by atoms with E-state index in [9.17, 15) is 0 Å². The minimum atomic E-state index is 0.721. The van der Waals surface area contributed by atoms with E-state index < -0.39 is 0 Å². The minimum Gasteiger partial charge on any atom is -0.314 e. The van der Waals surface area contributed by atoms with Crippen LogP contribution in [0.3, 0.4) is 0 Å². The molecule has 0 radical (unpaired) electrons. The minimum absolute atomic E-state index is 0.721. The molecule has 1 fully saturated rings. The van der Waals surface area contributed by atoms with Crippen LogP contribution >= 0.6 is 0 Å². The van der Waals surface area contributed by atoms with Gasteiger partial charge in [-0.3, -0.25) is 4.68 Å². The molecule has 0 aromatic carbocycles. The highest BCUT2D eigenvalue weighted by Crippen LogP contribution is 2.34. The molecule has 1 aliphatic rings. The van der Waals surface area contributed by atoms with Gasteiger partial charge in [0, 0.05) is 30.4 Å². The normalized spacial score (nSPS) is 24.4. The number of nitrogens with zero attached hydrogens (tertiary/aromatic N) is 2. The number of aromatic nitrogens is 2. The largest absolute Gasteiger partial charge is 0.314 e. The smallest absolute Gasteiger partial charge is 0.0492 e. The molecule has 1 aromatic heterocycles. The molecule has 17 heavy (non-hydrogen) atoms. The fourth-order valence-electron chi connectivity index (χ4n) is 2.87. The first-order valence-electron chi connectivity index (χ1n) is 7.10. The zero-order chi connectivity index (χ0) is 12.1. The number of aryl methyl sites for hydroxylation is 1. The Labute approximate surface area is 105 Å². The molecule has 0 amide bonds. The van der Waals surface area contributed by atoms with E-state index >= 15 is 0 Å². The Kier molecular flexibility index (Phi) is 4.60. The quantitative estimate of drug-likeness (QED) is 0.821. The maximum absolute atomic E-state index is 4.43. The molecule has 1 saturated carbocycles. The van der Waals surface area contributed by atoms with Gasteiger partial charge in [0.05, 0.1) is 0 Å². The van der Waals surface area contributed by atoms with Crippen LogP contribution < -0.4 is 5.32 Å². The van der Waals surface area contributed by atoms with E-state index in [1.54, 1.807) is 0 Å². The molecule has 0 spiro atoms. The van der Waals surface area contributed by atoms with Crippen LogP contribution in [0, 0.1) is 0 Å². The van der Waals surface area contributed by atoms with Crippen molar-refractivity contribution in [1.82, 2.24) is 15.1 Å². The van der Waals surface area contributed by atoms with Gasteiger partial charge in [-0.15, -0.1) is 0 Å². The third-order valence-electron chi connectivity index (χ3n) is 3.72. The van der Waals surface area contributed by atoms with Crippen LogP contribution in [0.4, 0.5) is 0 Å². The van der Waals surface area contributed by atoms with E-state index in [1.807, 2.05) is 6.20 Å². The summed E-state index contributed by atoms with van der Waals surface area (Å²) in [4.78, 5) is 0. The summed E-state index contributed by atoms with van der Waals surface area (Å²) in [5.41, 5.74) is 1.45. The summed E-state index contributed by atoms with van der Waals surface area (Å²) < 4.78 is 2.20. The lowest BCUT2D eigenvalue weighted by Crippen LogP contribution is -2.27. The predicted octanol–water partition coefficient (Wildman–Crippen LogP) is 2.93. The number of rotatable bonds is 6. The highest BCUT2D eigenvalue weighted by molar-refractivity contribution is 5.11. The molecule has 0 saturated heterocycles. The van der Waals surface area contributed by atoms with Gasteiger partial charge in [-0.25, -0.2) is 0 Å². The summed E-state index contributed by atoms with van der Waals surface area (Å²) in [6.45, 7) is 6.67. The highest BCUT2D eigenvalue weighted by atomic mass is 15.3. The second-order valence-corrected chi connectivity index (χ2v) is 5.14. The first-order valence-corrected chi connectivity index (χ1v) is 7.10. The molecule has 2 atom stereocenters. The molecule has 1 aliphatic carbocycles. The van der Waals surface area contributed by atoms with Crippen molar-refractivity contribution < 1.29 is 0 Å². The van der Waals surface area contributed by atoms with Crippen molar-refractivity contribution >= 4 is 0 Å². The van der Waals surface area contributed by atoms with Crippen LogP contribution in [-0.4, -0.2) is 22.4 Å². The molecule has 1 N–H and O–H groups in total. The molecule has 3 nitrogen and oxygen atoms in total. The summed E-state index contributed by atoms with van der Waals surface area (Å²) in [7, 11) is 0. The first kappa shape index (κ1) is 12.6. The zero-order valence-corrected chi connectivity index (χ0v) is 11.2. The molecular weight excluding hydrogens is 210 g/mol. The van der Waals surface area contributed by atoms with Crippen molar-refractivity contribution in [2.24, 2.45) is 0 Å². The maximum Gasteiger partial charge on any atom is 0.0492 e. The summed E-state index contributed by atoms with van der Waals surface area (Å²) in [5, 5.41) is 8.08. The Hall–Kier alpha value is -0.830. The van der Waals surface area contributed by atoms with Gasteiger partial charge in [-0.1, -0.05) is 13.8 Å². The van der Waals surface area contributed by atoms with Gasteiger partial charge in [0.25, 0.3) is 0 Å². The van der Waals surface area contributed by atoms with Crippen LogP contribution in [0.5, 0.6) is 0 Å². The first-order chi connectivity index (χ1) is 8.35. The molecular formula is C14H25N3. The van der Waals surface area contributed by atoms with Crippen molar-refractivity contribution in [3.63, 3.8) is 0 Å². The maximum atomic E-state index is 4.43. The van der Waals surface area contributed by atoms with Gasteiger partial charge in [-0.2, -0.15) is 5.10 Å². The Morgan fingerprint density at radius 3 is 3.00 bits per heavy atom. The molecule has 2 rings (SSSR count). The van der Waals surface area contributed by atoms with Crippen molar-refractivity contribution in [3.05, 3.63) is 18.0 Å². The van der Waals surface area contributed by atoms with Gasteiger partial charge in [0.1, 0.15) is 0 Å². The predicted molar refractivity (Wildman–Crippen MR) is 71.2 cm³/mol. The van der Waals surface area contributed by atoms with Crippen LogP contribution in [0.15, 0.2) is 12.3 Å². The Morgan fingerprint density at radius 2 is 2.24 bits per heavy atom. The molecule has 3 heteroatoms. The molecule has 2 unspecified atom stereocenters. The van der Waals surface area contributed by atoms with E-state index in [-0.39, 0.29) is 0 Å². The third kappa shape index (κ3) is 3.09. The zero-order valence-electron chi connectivity index (χ0n) is 11.2. The lowest BCUT2D eigenvalue weighted by molar-refractivity contribution is 0.501. The van der Waals surface area contributed by atoms with E-state index in [0.29, 0.717) is 0 Å². The van der Waals surface area contributed by atoms with Gasteiger partial charge >= 0.3 is 0 Å². The second kappa shape index (κ2) is 6.20. The van der Waals surface area contributed by atoms with E-state index in [2.05, 4.69) is 35.0 Å². The van der Waals surface area contributed by atoms with Crippen molar-refractivity contribution in [2.75, 3.05) is 6.54 Å². The van der Waals surface area contributed by atoms with Crippen LogP contribution in [0.2, 0.25) is 0 Å². The lowest BCUT2D eigenvalue weighted by atomic mass is 10.0. The molecule has 0 bridgehead atoms. The molecule has 96 valence electrons. The number of hydrogen-bond acceptors (Lipinski definition) is 2. The van der Waals surface area contributed by atoms with E-state index in [0.717, 1.165) is 25.0 Å². The Morgan fingerprint density at radius 1 is 1.35 bits per heavy atom. The average Bonchev–Trinajstić information content (AvgIpc) is 2.95. The standard InChI is InChI=1S/C14H25N3/c1-3-8-15-13-6-5-12(11-13)14-7-9-16-17(14)10-4-2/h7,9,12-13,15H,3-6,8,10-11H2,1-2H3. The van der Waals surface area contributed by atoms with Crippen molar-refractivity contribution in [1.29, 1.82) is 0 Å². The Bertz CT molecular complexity index is 332. The van der Waals surface area contributed by atoms with Crippen molar-refractivity contribution in [3.8, 4) is 0 Å². The van der Waals surface area contributed by atoms with Crippen LogP contribution in [-0.2, 0) is 6.54 Å². The van der Waals surface area contributed by atoms with Crippen LogP contribution in [0.25, 0.3) is 0 Å². The fraction of sp³-hybridized carbons (Fsp3) is 0.786. The highest BCUT2D eigenvalue weighted by Gasteiger charge is 2.27. The summed E-state index contributed by atoms with van der Waals surface area (Å²) in [5.74, 6) is 0.721. The van der Waals surface area contributed by atoms with E-state index in [1.165, 1.54) is 37.8 Å². The van der Waals surface area contributed by atoms with Gasteiger partial charge < -0.3 is 5.32 Å². The molecule has 1 heterocycles. The average molecular weight is 235 g/mol. The fourth-order valence-corrected chi connectivity index (χ4v) is 2.87. The number of nitrogens with one attached hydrogen (secondary N) is 1. The topological polar surface area (TPSA) is 29.9 Å². The van der Waals surface area contributed by atoms with Gasteiger partial charge in [-0.05, 0) is 44.7 Å². The lowest BCUT2D eigenvalue weighted by Gasteiger charge is -2.14. The Balaban J connectivity index is 1.92. The number of hydrogen-bond donors (Lipinski definition) is 1. The summed E-state index contributed by atoms with van der Waals surface area (Å²) in [6, 6.07) is 2.94. The molecule has 0 aliphatic heterocycles. The second-order valence-electron chi connectivity index (χ2n) is 5.14. The third-order valence-corrected chi connectivity index (χ3v) is 3.72. The van der Waals surface area contributed by atoms with Crippen LogP contribution in [0.1, 0.15) is 57.6 Å². The monoisotopic (exact) mass is 235 g/mol. The molecule has 1 aromatic rings. The van der Waals surface area contributed by atoms with Crippen molar-refractivity contribution in [2.45, 2.75) is 64.5 Å². The van der Waals surface area contributed by atoms with Gasteiger partial charge in [0.15, 0.2) is 0 Å². The SMILES string of the molecule is CCCNC1CCC(c2ccnn2CCC)C1. The summed E-state index contributed by atoms with van der Waals surface area (Å²) >= 11 is 0. The summed E-state index contributed by atoms with van der Waals surface area (Å²) in [6.07, 6.45) is 8.28. The van der Waals surface area contributed by atoms with Gasteiger partial charge in [0.2, 0.25) is 0 Å².